The number of phosphoric acid groups is 1. The van der Waals surface area contributed by atoms with Crippen molar-refractivity contribution in [1.82, 2.24) is 0 Å². The highest BCUT2D eigenvalue weighted by Gasteiger charge is 2.28. The van der Waals surface area contributed by atoms with Gasteiger partial charge in [-0.1, -0.05) is 102 Å². The van der Waals surface area contributed by atoms with Gasteiger partial charge in [0.2, 0.25) is 0 Å². The molecule has 0 saturated heterocycles. The van der Waals surface area contributed by atoms with E-state index in [1.54, 1.807) is 0 Å². The summed E-state index contributed by atoms with van der Waals surface area (Å²) in [7, 11) is -3.62. The highest BCUT2D eigenvalue weighted by atomic mass is 35.5. The molecule has 6 heteroatoms. The number of hydrogen-bond acceptors (Lipinski definition) is 4. The van der Waals surface area contributed by atoms with Crippen LogP contribution in [0.3, 0.4) is 0 Å². The molecular weight excluding hydrogens is 431 g/mol. The van der Waals surface area contributed by atoms with Gasteiger partial charge in [-0.2, -0.15) is 0 Å². The van der Waals surface area contributed by atoms with Crippen LogP contribution in [0.5, 0.6) is 0 Å². The average molecular weight is 473 g/mol. The molecule has 0 saturated carbocycles. The number of benzene rings is 1. The highest BCUT2D eigenvalue weighted by molar-refractivity contribution is 7.48. The second-order valence-electron chi connectivity index (χ2n) is 8.12. The Hall–Kier alpha value is -0.640. The van der Waals surface area contributed by atoms with Crippen LogP contribution in [0, 0.1) is 11.8 Å². The molecule has 1 rings (SSSR count). The fraction of sp³-hybridized carbons (Fsp3) is 0.680. The summed E-state index contributed by atoms with van der Waals surface area (Å²) in [4.78, 5) is 0. The van der Waals surface area contributed by atoms with Crippen molar-refractivity contribution in [2.75, 3.05) is 19.8 Å². The van der Waals surface area contributed by atoms with Gasteiger partial charge in [-0.3, -0.25) is 13.6 Å². The summed E-state index contributed by atoms with van der Waals surface area (Å²) in [6.07, 6.45) is 12.4. The molecule has 0 aromatic heterocycles. The molecule has 0 radical (unpaired) electrons. The fourth-order valence-electron chi connectivity index (χ4n) is 3.19. The van der Waals surface area contributed by atoms with Crippen molar-refractivity contribution in [3.8, 4) is 0 Å². The van der Waals surface area contributed by atoms with Gasteiger partial charge in [0.05, 0.1) is 19.8 Å². The van der Waals surface area contributed by atoms with Crippen LogP contribution in [-0.2, 0) is 18.1 Å². The first-order chi connectivity index (χ1) is 15.0. The zero-order valence-corrected chi connectivity index (χ0v) is 21.5. The van der Waals surface area contributed by atoms with Gasteiger partial charge in [0.1, 0.15) is 0 Å². The van der Waals surface area contributed by atoms with Gasteiger partial charge in [0.25, 0.3) is 0 Å². The zero-order chi connectivity index (χ0) is 23.0. The molecule has 0 aliphatic rings. The number of halogens is 1. The van der Waals surface area contributed by atoms with Crippen molar-refractivity contribution in [2.45, 2.75) is 79.1 Å². The van der Waals surface area contributed by atoms with E-state index in [4.69, 9.17) is 25.2 Å². The molecule has 0 N–H and O–H groups in total. The van der Waals surface area contributed by atoms with E-state index >= 15 is 0 Å². The standard InChI is InChI=1S/C25H42ClO4P/c1-5-9-12-22(7-3)20-29-31(27,30-21-23(8-4)13-10-6-2)28-19-11-14-24-15-17-25(26)18-16-24/h11,14-18,22-23H,5-10,12-13,19-21H2,1-4H3/b14-11-. The number of phosphoric ester groups is 1. The van der Waals surface area contributed by atoms with Crippen LogP contribution in [-0.4, -0.2) is 19.8 Å². The lowest BCUT2D eigenvalue weighted by atomic mass is 10.0. The Bertz CT molecular complexity index is 623. The molecule has 0 fully saturated rings. The quantitative estimate of drug-likeness (QED) is 0.200. The monoisotopic (exact) mass is 472 g/mol. The summed E-state index contributed by atoms with van der Waals surface area (Å²) in [6.45, 7) is 9.61. The van der Waals surface area contributed by atoms with Crippen LogP contribution in [0.1, 0.15) is 84.6 Å². The molecule has 1 aromatic rings. The third kappa shape index (κ3) is 12.8. The third-order valence-electron chi connectivity index (χ3n) is 5.53. The molecule has 178 valence electrons. The summed E-state index contributed by atoms with van der Waals surface area (Å²) in [6, 6.07) is 7.51. The minimum Gasteiger partial charge on any atom is -0.287 e. The maximum atomic E-state index is 13.3. The van der Waals surface area contributed by atoms with Crippen LogP contribution in [0.2, 0.25) is 5.02 Å². The molecule has 0 amide bonds. The Morgan fingerprint density at radius 3 is 1.84 bits per heavy atom. The molecule has 0 aliphatic carbocycles. The van der Waals surface area contributed by atoms with E-state index in [2.05, 4.69) is 27.7 Å². The van der Waals surface area contributed by atoms with Crippen molar-refractivity contribution < 1.29 is 18.1 Å². The van der Waals surface area contributed by atoms with Crippen molar-refractivity contribution in [2.24, 2.45) is 11.8 Å². The summed E-state index contributed by atoms with van der Waals surface area (Å²) >= 11 is 5.92. The smallest absolute Gasteiger partial charge is 0.287 e. The molecule has 0 bridgehead atoms. The summed E-state index contributed by atoms with van der Waals surface area (Å²) in [5, 5.41) is 0.696. The molecule has 0 spiro atoms. The van der Waals surface area contributed by atoms with Crippen LogP contribution in [0.4, 0.5) is 0 Å². The lowest BCUT2D eigenvalue weighted by Gasteiger charge is -2.23. The fourth-order valence-corrected chi connectivity index (χ4v) is 4.60. The second kappa shape index (κ2) is 16.9. The minimum absolute atomic E-state index is 0.164. The molecule has 2 unspecified atom stereocenters. The molecule has 31 heavy (non-hydrogen) atoms. The average Bonchev–Trinajstić information content (AvgIpc) is 2.78. The Kier molecular flexibility index (Phi) is 15.5. The van der Waals surface area contributed by atoms with Crippen molar-refractivity contribution in [3.63, 3.8) is 0 Å². The van der Waals surface area contributed by atoms with E-state index in [0.717, 1.165) is 56.9 Å². The second-order valence-corrected chi connectivity index (χ2v) is 10.2. The summed E-state index contributed by atoms with van der Waals surface area (Å²) in [5.74, 6) is 0.735. The topological polar surface area (TPSA) is 44.8 Å². The Morgan fingerprint density at radius 2 is 1.39 bits per heavy atom. The van der Waals surface area contributed by atoms with E-state index < -0.39 is 7.82 Å². The van der Waals surface area contributed by atoms with Gasteiger partial charge < -0.3 is 0 Å². The van der Waals surface area contributed by atoms with E-state index in [-0.39, 0.29) is 6.61 Å². The van der Waals surface area contributed by atoms with E-state index in [9.17, 15) is 4.57 Å². The maximum Gasteiger partial charge on any atom is 0.475 e. The van der Waals surface area contributed by atoms with Crippen LogP contribution < -0.4 is 0 Å². The van der Waals surface area contributed by atoms with Crippen LogP contribution in [0.25, 0.3) is 6.08 Å². The van der Waals surface area contributed by atoms with E-state index in [1.807, 2.05) is 36.4 Å². The predicted octanol–water partition coefficient (Wildman–Crippen LogP) is 8.94. The molecule has 4 nitrogen and oxygen atoms in total. The van der Waals surface area contributed by atoms with Crippen LogP contribution in [0.15, 0.2) is 30.3 Å². The lowest BCUT2D eigenvalue weighted by Crippen LogP contribution is -2.13. The van der Waals surface area contributed by atoms with Crippen molar-refractivity contribution in [3.05, 3.63) is 40.9 Å². The number of rotatable bonds is 18. The van der Waals surface area contributed by atoms with E-state index in [1.165, 1.54) is 0 Å². The van der Waals surface area contributed by atoms with E-state index in [0.29, 0.717) is 30.1 Å². The number of hydrogen-bond donors (Lipinski definition) is 0. The van der Waals surface area contributed by atoms with Gasteiger partial charge in [-0.25, -0.2) is 4.57 Å². The normalized spacial score (nSPS) is 15.8. The van der Waals surface area contributed by atoms with Crippen molar-refractivity contribution >= 4 is 25.5 Å². The van der Waals surface area contributed by atoms with Gasteiger partial charge in [-0.05, 0) is 42.4 Å². The summed E-state index contributed by atoms with van der Waals surface area (Å²) in [5.41, 5.74) is 1.00. The molecule has 2 atom stereocenters. The van der Waals surface area contributed by atoms with Gasteiger partial charge >= 0.3 is 7.82 Å². The van der Waals surface area contributed by atoms with Gasteiger partial charge in [0.15, 0.2) is 0 Å². The SMILES string of the molecule is CCCCC(CC)COP(=O)(OC/C=C\c1ccc(Cl)cc1)OCC(CC)CCCC. The molecule has 0 heterocycles. The zero-order valence-electron chi connectivity index (χ0n) is 19.9. The predicted molar refractivity (Wildman–Crippen MR) is 133 cm³/mol. The lowest BCUT2D eigenvalue weighted by molar-refractivity contribution is 0.0904. The number of unbranched alkanes of at least 4 members (excludes halogenated alkanes) is 2. The Morgan fingerprint density at radius 1 is 0.871 bits per heavy atom. The first-order valence-corrected chi connectivity index (χ1v) is 13.8. The largest absolute Gasteiger partial charge is 0.475 e. The van der Waals surface area contributed by atoms with Gasteiger partial charge in [-0.15, -0.1) is 0 Å². The highest BCUT2D eigenvalue weighted by Crippen LogP contribution is 2.50. The maximum absolute atomic E-state index is 13.3. The van der Waals surface area contributed by atoms with Crippen molar-refractivity contribution in [1.29, 1.82) is 0 Å². The van der Waals surface area contributed by atoms with Gasteiger partial charge in [0, 0.05) is 5.02 Å². The Balaban J connectivity index is 2.70. The molecule has 1 aromatic carbocycles. The first kappa shape index (κ1) is 28.4. The first-order valence-electron chi connectivity index (χ1n) is 11.9. The minimum atomic E-state index is -3.62. The third-order valence-corrected chi connectivity index (χ3v) is 7.18. The summed E-state index contributed by atoms with van der Waals surface area (Å²) < 4.78 is 30.6. The molecular formula is C25H42ClO4P. The Labute approximate surface area is 195 Å². The van der Waals surface area contributed by atoms with Crippen LogP contribution >= 0.6 is 19.4 Å². The molecule has 0 aliphatic heterocycles.